The molecule has 1 aromatic heterocycles. The molecule has 0 fully saturated rings. The van der Waals surface area contributed by atoms with Crippen molar-refractivity contribution in [1.82, 2.24) is 4.57 Å². The second kappa shape index (κ2) is 5.59. The Hall–Kier alpha value is -1.25. The summed E-state index contributed by atoms with van der Waals surface area (Å²) in [7, 11) is 0. The Bertz CT molecular complexity index is 517. The topological polar surface area (TPSA) is 30.9 Å². The van der Waals surface area contributed by atoms with Gasteiger partial charge in [-0.3, -0.25) is 0 Å². The van der Waals surface area contributed by atoms with Gasteiger partial charge < -0.3 is 10.3 Å². The molecule has 0 radical (unpaired) electrons. The van der Waals surface area contributed by atoms with Gasteiger partial charge in [0.15, 0.2) is 0 Å². The molecule has 0 saturated carbocycles. The summed E-state index contributed by atoms with van der Waals surface area (Å²) in [4.78, 5) is 0. The van der Waals surface area contributed by atoms with Crippen LogP contribution in [0.4, 0.5) is 0 Å². The zero-order chi connectivity index (χ0) is 13.1. The predicted octanol–water partition coefficient (Wildman–Crippen LogP) is 3.85. The maximum Gasteiger partial charge on any atom is 0.0485 e. The molecule has 2 rings (SSSR count). The summed E-state index contributed by atoms with van der Waals surface area (Å²) in [5, 5.41) is 0.806. The average molecular weight is 263 g/mol. The Morgan fingerprint density at radius 1 is 1.22 bits per heavy atom. The summed E-state index contributed by atoms with van der Waals surface area (Å²) in [5.41, 5.74) is 8.44. The first kappa shape index (κ1) is 13.2. The maximum absolute atomic E-state index is 6.16. The zero-order valence-corrected chi connectivity index (χ0v) is 11.6. The quantitative estimate of drug-likeness (QED) is 0.892. The smallest absolute Gasteiger partial charge is 0.0485 e. The van der Waals surface area contributed by atoms with E-state index in [0.29, 0.717) is 5.92 Å². The number of benzene rings is 1. The van der Waals surface area contributed by atoms with Crippen LogP contribution in [-0.2, 0) is 6.54 Å². The van der Waals surface area contributed by atoms with Crippen LogP contribution in [0.15, 0.2) is 42.7 Å². The van der Waals surface area contributed by atoms with Gasteiger partial charge in [0.05, 0.1) is 0 Å². The van der Waals surface area contributed by atoms with Crippen LogP contribution in [-0.4, -0.2) is 4.57 Å². The maximum atomic E-state index is 6.16. The number of nitrogens with two attached hydrogens (primary N) is 1. The SMILES string of the molecule is CC(C)C(N)c1ccn(Cc2ccccc2Cl)c1. The minimum atomic E-state index is 0.0949. The molecule has 18 heavy (non-hydrogen) atoms. The molecule has 2 aromatic rings. The minimum absolute atomic E-state index is 0.0949. The normalized spacial score (nSPS) is 12.9. The van der Waals surface area contributed by atoms with Crippen molar-refractivity contribution in [3.63, 3.8) is 0 Å². The summed E-state index contributed by atoms with van der Waals surface area (Å²) in [6, 6.07) is 10.1. The minimum Gasteiger partial charge on any atom is -0.350 e. The van der Waals surface area contributed by atoms with Crippen molar-refractivity contribution >= 4 is 11.6 Å². The van der Waals surface area contributed by atoms with Gasteiger partial charge in [-0.2, -0.15) is 0 Å². The van der Waals surface area contributed by atoms with Crippen LogP contribution in [0.1, 0.15) is 31.0 Å². The van der Waals surface area contributed by atoms with Gasteiger partial charge in [-0.1, -0.05) is 43.6 Å². The Morgan fingerprint density at radius 3 is 2.61 bits per heavy atom. The van der Waals surface area contributed by atoms with Gasteiger partial charge in [-0.15, -0.1) is 0 Å². The van der Waals surface area contributed by atoms with Crippen LogP contribution < -0.4 is 5.73 Å². The van der Waals surface area contributed by atoms with E-state index in [9.17, 15) is 0 Å². The zero-order valence-electron chi connectivity index (χ0n) is 10.8. The molecule has 2 N–H and O–H groups in total. The van der Waals surface area contributed by atoms with Crippen LogP contribution >= 0.6 is 11.6 Å². The van der Waals surface area contributed by atoms with Crippen LogP contribution in [0.5, 0.6) is 0 Å². The van der Waals surface area contributed by atoms with Crippen LogP contribution in [0.2, 0.25) is 5.02 Å². The van der Waals surface area contributed by atoms with Crippen molar-refractivity contribution in [3.05, 3.63) is 58.9 Å². The molecule has 3 heteroatoms. The van der Waals surface area contributed by atoms with E-state index in [1.807, 2.05) is 24.3 Å². The van der Waals surface area contributed by atoms with Gasteiger partial charge in [0.25, 0.3) is 0 Å². The largest absolute Gasteiger partial charge is 0.350 e. The summed E-state index contributed by atoms with van der Waals surface area (Å²) in [5.74, 6) is 0.446. The highest BCUT2D eigenvalue weighted by atomic mass is 35.5. The molecule has 0 amide bonds. The number of aromatic nitrogens is 1. The lowest BCUT2D eigenvalue weighted by molar-refractivity contribution is 0.513. The molecule has 1 atom stereocenters. The van der Waals surface area contributed by atoms with Crippen molar-refractivity contribution in [2.45, 2.75) is 26.4 Å². The van der Waals surface area contributed by atoms with Gasteiger partial charge in [-0.25, -0.2) is 0 Å². The van der Waals surface area contributed by atoms with Crippen LogP contribution in [0.25, 0.3) is 0 Å². The third-order valence-corrected chi connectivity index (χ3v) is 3.56. The number of halogens is 1. The highest BCUT2D eigenvalue weighted by Gasteiger charge is 2.11. The number of hydrogen-bond acceptors (Lipinski definition) is 1. The highest BCUT2D eigenvalue weighted by molar-refractivity contribution is 6.31. The van der Waals surface area contributed by atoms with E-state index in [2.05, 4.69) is 36.9 Å². The molecule has 1 aromatic carbocycles. The summed E-state index contributed by atoms with van der Waals surface area (Å²) >= 11 is 6.16. The third kappa shape index (κ3) is 2.95. The first-order valence-electron chi connectivity index (χ1n) is 6.22. The summed E-state index contributed by atoms with van der Waals surface area (Å²) in [6.45, 7) is 5.05. The van der Waals surface area contributed by atoms with E-state index in [4.69, 9.17) is 17.3 Å². The van der Waals surface area contributed by atoms with Crippen molar-refractivity contribution in [1.29, 1.82) is 0 Å². The fourth-order valence-corrected chi connectivity index (χ4v) is 2.16. The molecule has 0 aliphatic heterocycles. The van der Waals surface area contributed by atoms with Crippen LogP contribution in [0.3, 0.4) is 0 Å². The molecule has 1 unspecified atom stereocenters. The average Bonchev–Trinajstić information content (AvgIpc) is 2.79. The lowest BCUT2D eigenvalue weighted by Gasteiger charge is -2.13. The molecule has 1 heterocycles. The fraction of sp³-hybridized carbons (Fsp3) is 0.333. The molecular formula is C15H19ClN2. The van der Waals surface area contributed by atoms with E-state index >= 15 is 0 Å². The van der Waals surface area contributed by atoms with E-state index in [1.165, 1.54) is 5.56 Å². The molecule has 0 aliphatic carbocycles. The van der Waals surface area contributed by atoms with E-state index in [0.717, 1.165) is 17.1 Å². The second-order valence-electron chi connectivity index (χ2n) is 4.98. The highest BCUT2D eigenvalue weighted by Crippen LogP contribution is 2.21. The van der Waals surface area contributed by atoms with Crippen molar-refractivity contribution in [3.8, 4) is 0 Å². The Balaban J connectivity index is 2.14. The standard InChI is InChI=1S/C15H19ClN2/c1-11(2)15(17)13-7-8-18(10-13)9-12-5-3-4-6-14(12)16/h3-8,10-11,15H,9,17H2,1-2H3. The third-order valence-electron chi connectivity index (χ3n) is 3.19. The van der Waals surface area contributed by atoms with Crippen LogP contribution in [0, 0.1) is 5.92 Å². The van der Waals surface area contributed by atoms with E-state index < -0.39 is 0 Å². The Morgan fingerprint density at radius 2 is 1.94 bits per heavy atom. The van der Waals surface area contributed by atoms with E-state index in [1.54, 1.807) is 0 Å². The van der Waals surface area contributed by atoms with Crippen molar-refractivity contribution in [2.75, 3.05) is 0 Å². The van der Waals surface area contributed by atoms with Gasteiger partial charge in [0.1, 0.15) is 0 Å². The number of hydrogen-bond donors (Lipinski definition) is 1. The first-order chi connectivity index (χ1) is 8.58. The molecule has 0 saturated heterocycles. The monoisotopic (exact) mass is 262 g/mol. The molecular weight excluding hydrogens is 244 g/mol. The molecule has 0 aliphatic rings. The Kier molecular flexibility index (Phi) is 4.10. The predicted molar refractivity (Wildman–Crippen MR) is 76.8 cm³/mol. The van der Waals surface area contributed by atoms with Gasteiger partial charge in [-0.05, 0) is 29.2 Å². The van der Waals surface area contributed by atoms with E-state index in [-0.39, 0.29) is 6.04 Å². The molecule has 0 bridgehead atoms. The van der Waals surface area contributed by atoms with Gasteiger partial charge in [0, 0.05) is 30.0 Å². The summed E-state index contributed by atoms with van der Waals surface area (Å²) < 4.78 is 2.12. The number of rotatable bonds is 4. The Labute approximate surface area is 113 Å². The molecule has 96 valence electrons. The lowest BCUT2D eigenvalue weighted by Crippen LogP contribution is -2.15. The lowest BCUT2D eigenvalue weighted by atomic mass is 10.00. The summed E-state index contributed by atoms with van der Waals surface area (Å²) in [6.07, 6.45) is 4.16. The second-order valence-corrected chi connectivity index (χ2v) is 5.39. The fourth-order valence-electron chi connectivity index (χ4n) is 1.96. The van der Waals surface area contributed by atoms with Crippen molar-refractivity contribution in [2.24, 2.45) is 11.7 Å². The van der Waals surface area contributed by atoms with Gasteiger partial charge >= 0.3 is 0 Å². The van der Waals surface area contributed by atoms with Crippen molar-refractivity contribution < 1.29 is 0 Å². The number of nitrogens with zero attached hydrogens (tertiary/aromatic N) is 1. The molecule has 2 nitrogen and oxygen atoms in total. The molecule has 0 spiro atoms. The first-order valence-corrected chi connectivity index (χ1v) is 6.60. The van der Waals surface area contributed by atoms with Gasteiger partial charge in [0.2, 0.25) is 0 Å².